The van der Waals surface area contributed by atoms with Crippen molar-refractivity contribution in [1.82, 2.24) is 4.90 Å². The number of carbonyl (C=O) groups is 1. The lowest BCUT2D eigenvalue weighted by Crippen LogP contribution is -2.37. The van der Waals surface area contributed by atoms with Gasteiger partial charge in [-0.1, -0.05) is 12.1 Å². The first-order valence-corrected chi connectivity index (χ1v) is 6.74. The maximum Gasteiger partial charge on any atom is 0.393 e. The Hall–Kier alpha value is -1.83. The van der Waals surface area contributed by atoms with Crippen LogP contribution in [0.1, 0.15) is 0 Å². The van der Waals surface area contributed by atoms with E-state index in [2.05, 4.69) is 0 Å². The second-order valence-corrected chi connectivity index (χ2v) is 5.20. The van der Waals surface area contributed by atoms with Gasteiger partial charge in [-0.25, -0.2) is 4.39 Å². The summed E-state index contributed by atoms with van der Waals surface area (Å²) in [5, 5.41) is 0. The van der Waals surface area contributed by atoms with E-state index in [9.17, 15) is 22.4 Å². The summed E-state index contributed by atoms with van der Waals surface area (Å²) in [6.45, 7) is -0.195. The highest BCUT2D eigenvalue weighted by Gasteiger charge is 2.51. The maximum atomic E-state index is 13.3. The fourth-order valence-corrected chi connectivity index (χ4v) is 2.53. The Kier molecular flexibility index (Phi) is 4.90. The minimum Gasteiger partial charge on any atom is -0.489 e. The second-order valence-electron chi connectivity index (χ2n) is 5.20. The summed E-state index contributed by atoms with van der Waals surface area (Å²) in [4.78, 5) is 12.6. The number of hydrogen-bond donors (Lipinski definition) is 1. The topological polar surface area (TPSA) is 55.6 Å². The Morgan fingerprint density at radius 3 is 2.55 bits per heavy atom. The van der Waals surface area contributed by atoms with Gasteiger partial charge in [0.05, 0.1) is 11.8 Å². The minimum atomic E-state index is -4.47. The van der Waals surface area contributed by atoms with Crippen LogP contribution in [-0.2, 0) is 4.79 Å². The molecule has 2 atom stereocenters. The number of hydrogen-bond acceptors (Lipinski definition) is 3. The average Bonchev–Trinajstić information content (AvgIpc) is 2.85. The lowest BCUT2D eigenvalue weighted by atomic mass is 9.95. The molecular weight excluding hydrogens is 304 g/mol. The zero-order valence-electron chi connectivity index (χ0n) is 11.6. The number of alkyl halides is 3. The van der Waals surface area contributed by atoms with Crippen molar-refractivity contribution in [2.45, 2.75) is 6.18 Å². The van der Waals surface area contributed by atoms with Crippen molar-refractivity contribution in [3.05, 3.63) is 30.1 Å². The van der Waals surface area contributed by atoms with E-state index in [0.717, 1.165) is 0 Å². The van der Waals surface area contributed by atoms with Gasteiger partial charge in [-0.2, -0.15) is 13.2 Å². The highest BCUT2D eigenvalue weighted by molar-refractivity contribution is 5.77. The van der Waals surface area contributed by atoms with Crippen LogP contribution in [0, 0.1) is 17.7 Å². The molecule has 1 saturated heterocycles. The first-order valence-electron chi connectivity index (χ1n) is 6.74. The predicted molar refractivity (Wildman–Crippen MR) is 70.6 cm³/mol. The number of primary amides is 1. The molecule has 2 rings (SSSR count). The molecule has 22 heavy (non-hydrogen) atoms. The molecule has 0 bridgehead atoms. The molecule has 8 heteroatoms. The molecule has 0 saturated carbocycles. The van der Waals surface area contributed by atoms with E-state index in [1.165, 1.54) is 23.1 Å². The van der Waals surface area contributed by atoms with Crippen LogP contribution in [-0.4, -0.2) is 43.2 Å². The number of amides is 1. The Morgan fingerprint density at radius 1 is 1.32 bits per heavy atom. The zero-order chi connectivity index (χ0) is 16.3. The molecule has 2 N–H and O–H groups in total. The van der Waals surface area contributed by atoms with Crippen LogP contribution in [0.5, 0.6) is 5.75 Å². The molecule has 1 aromatic rings. The average molecular weight is 320 g/mol. The molecule has 0 aliphatic carbocycles. The largest absolute Gasteiger partial charge is 0.489 e. The third-order valence-corrected chi connectivity index (χ3v) is 3.68. The monoisotopic (exact) mass is 320 g/mol. The number of nitrogens with zero attached hydrogens (tertiary/aromatic N) is 1. The predicted octanol–water partition coefficient (Wildman–Crippen LogP) is 1.80. The minimum absolute atomic E-state index is 0.0248. The van der Waals surface area contributed by atoms with Crippen molar-refractivity contribution < 1.29 is 27.1 Å². The van der Waals surface area contributed by atoms with Crippen molar-refractivity contribution in [2.75, 3.05) is 26.2 Å². The van der Waals surface area contributed by atoms with E-state index >= 15 is 0 Å². The molecular formula is C14H16F4N2O2. The van der Waals surface area contributed by atoms with Crippen molar-refractivity contribution in [2.24, 2.45) is 17.6 Å². The molecule has 4 nitrogen and oxygen atoms in total. The van der Waals surface area contributed by atoms with Crippen molar-refractivity contribution in [1.29, 1.82) is 0 Å². The van der Waals surface area contributed by atoms with E-state index < -0.39 is 29.7 Å². The number of para-hydroxylation sites is 1. The van der Waals surface area contributed by atoms with Gasteiger partial charge in [0.25, 0.3) is 0 Å². The summed E-state index contributed by atoms with van der Waals surface area (Å²) in [6.07, 6.45) is -4.47. The molecule has 1 fully saturated rings. The summed E-state index contributed by atoms with van der Waals surface area (Å²) in [5.74, 6) is -4.47. The third-order valence-electron chi connectivity index (χ3n) is 3.68. The van der Waals surface area contributed by atoms with Gasteiger partial charge in [0.15, 0.2) is 11.6 Å². The molecule has 1 aliphatic heterocycles. The third kappa shape index (κ3) is 3.88. The van der Waals surface area contributed by atoms with Gasteiger partial charge in [0, 0.05) is 19.6 Å². The van der Waals surface area contributed by atoms with E-state index in [-0.39, 0.29) is 32.0 Å². The summed E-state index contributed by atoms with van der Waals surface area (Å²) in [7, 11) is 0. The van der Waals surface area contributed by atoms with Crippen LogP contribution in [0.3, 0.4) is 0 Å². The maximum absolute atomic E-state index is 13.3. The van der Waals surface area contributed by atoms with Crippen LogP contribution >= 0.6 is 0 Å². The molecule has 1 amide bonds. The standard InChI is InChI=1S/C14H16F4N2O2/c15-11-3-1-2-4-12(11)22-6-5-20-7-9(13(19)21)10(8-20)14(16,17)18/h1-4,9-10H,5-8H2,(H2,19,21)/t9-,10-/m1/s1. The Morgan fingerprint density at radius 2 is 2.00 bits per heavy atom. The van der Waals surface area contributed by atoms with Gasteiger partial charge in [0.2, 0.25) is 5.91 Å². The van der Waals surface area contributed by atoms with E-state index in [0.29, 0.717) is 0 Å². The number of benzene rings is 1. The summed E-state index contributed by atoms with van der Waals surface area (Å²) >= 11 is 0. The fraction of sp³-hybridized carbons (Fsp3) is 0.500. The second kappa shape index (κ2) is 6.51. The highest BCUT2D eigenvalue weighted by atomic mass is 19.4. The number of likely N-dealkylation sites (tertiary alicyclic amines) is 1. The van der Waals surface area contributed by atoms with Gasteiger partial charge < -0.3 is 10.5 Å². The van der Waals surface area contributed by atoms with Crippen LogP contribution in [0.15, 0.2) is 24.3 Å². The SMILES string of the molecule is NC(=O)[C@@H]1CN(CCOc2ccccc2F)C[C@H]1C(F)(F)F. The zero-order valence-corrected chi connectivity index (χ0v) is 11.6. The smallest absolute Gasteiger partial charge is 0.393 e. The fourth-order valence-electron chi connectivity index (χ4n) is 2.53. The Bertz CT molecular complexity index is 536. The quantitative estimate of drug-likeness (QED) is 0.842. The number of nitrogens with two attached hydrogens (primary N) is 1. The van der Waals surface area contributed by atoms with Gasteiger partial charge in [-0.15, -0.1) is 0 Å². The first kappa shape index (κ1) is 16.5. The van der Waals surface area contributed by atoms with Crippen molar-refractivity contribution in [3.63, 3.8) is 0 Å². The van der Waals surface area contributed by atoms with Gasteiger partial charge in [0.1, 0.15) is 6.61 Å². The van der Waals surface area contributed by atoms with Crippen LogP contribution in [0.4, 0.5) is 17.6 Å². The summed E-state index contributed by atoms with van der Waals surface area (Å²) < 4.78 is 57.1. The van der Waals surface area contributed by atoms with E-state index in [4.69, 9.17) is 10.5 Å². The number of ether oxygens (including phenoxy) is 1. The molecule has 1 heterocycles. The lowest BCUT2D eigenvalue weighted by molar-refractivity contribution is -0.182. The molecule has 1 aliphatic rings. The molecule has 0 spiro atoms. The van der Waals surface area contributed by atoms with Crippen LogP contribution < -0.4 is 10.5 Å². The van der Waals surface area contributed by atoms with Gasteiger partial charge >= 0.3 is 6.18 Å². The molecule has 1 aromatic carbocycles. The van der Waals surface area contributed by atoms with E-state index in [1.807, 2.05) is 0 Å². The number of carbonyl (C=O) groups excluding carboxylic acids is 1. The van der Waals surface area contributed by atoms with Crippen LogP contribution in [0.25, 0.3) is 0 Å². The first-order chi connectivity index (χ1) is 10.3. The Balaban J connectivity index is 1.89. The Labute approximate surface area is 124 Å². The molecule has 122 valence electrons. The van der Waals surface area contributed by atoms with Crippen molar-refractivity contribution >= 4 is 5.91 Å². The number of rotatable bonds is 5. The number of halogens is 4. The lowest BCUT2D eigenvalue weighted by Gasteiger charge is -2.18. The van der Waals surface area contributed by atoms with Gasteiger partial charge in [-0.3, -0.25) is 9.69 Å². The summed E-state index contributed by atoms with van der Waals surface area (Å²) in [5.41, 5.74) is 5.04. The molecule has 0 aromatic heterocycles. The highest BCUT2D eigenvalue weighted by Crippen LogP contribution is 2.37. The van der Waals surface area contributed by atoms with Crippen molar-refractivity contribution in [3.8, 4) is 5.75 Å². The molecule has 0 radical (unpaired) electrons. The molecule has 0 unspecified atom stereocenters. The van der Waals surface area contributed by atoms with Crippen LogP contribution in [0.2, 0.25) is 0 Å². The normalized spacial score (nSPS) is 22.7. The van der Waals surface area contributed by atoms with E-state index in [1.54, 1.807) is 6.07 Å². The van der Waals surface area contributed by atoms with Gasteiger partial charge in [-0.05, 0) is 12.1 Å². The summed E-state index contributed by atoms with van der Waals surface area (Å²) in [6, 6.07) is 5.77.